The molecule has 144 valence electrons. The predicted octanol–water partition coefficient (Wildman–Crippen LogP) is 0.670. The largest absolute Gasteiger partial charge is 0.382 e. The standard InChI is InChI=1S/C15H26N4O4S.HI/c1-17-15(18-8-3-9-23-11-10-22-2)19-12-13-4-6-14(7-5-13)24(16,20)21;/h4-7H,3,8-12H2,1-2H3,(H2,16,20,21)(H2,17,18,19);1H. The average molecular weight is 486 g/mol. The van der Waals surface area contributed by atoms with Gasteiger partial charge in [-0.2, -0.15) is 0 Å². The number of guanidine groups is 1. The number of ether oxygens (including phenoxy) is 2. The number of methoxy groups -OCH3 is 1. The summed E-state index contributed by atoms with van der Waals surface area (Å²) in [7, 11) is -0.324. The summed E-state index contributed by atoms with van der Waals surface area (Å²) >= 11 is 0. The Kier molecular flexibility index (Phi) is 12.8. The van der Waals surface area contributed by atoms with E-state index in [4.69, 9.17) is 14.6 Å². The van der Waals surface area contributed by atoms with Crippen LogP contribution in [0.2, 0.25) is 0 Å². The van der Waals surface area contributed by atoms with E-state index in [9.17, 15) is 8.42 Å². The van der Waals surface area contributed by atoms with Gasteiger partial charge in [-0.05, 0) is 24.1 Å². The van der Waals surface area contributed by atoms with E-state index in [1.807, 2.05) is 0 Å². The van der Waals surface area contributed by atoms with Crippen molar-refractivity contribution in [3.8, 4) is 0 Å². The normalized spacial score (nSPS) is 11.7. The third kappa shape index (κ3) is 10.6. The van der Waals surface area contributed by atoms with Gasteiger partial charge in [-0.15, -0.1) is 24.0 Å². The number of aliphatic imine (C=N–C) groups is 1. The molecule has 0 saturated heterocycles. The molecule has 0 aromatic heterocycles. The Morgan fingerprint density at radius 3 is 2.40 bits per heavy atom. The molecule has 10 heteroatoms. The molecule has 0 heterocycles. The lowest BCUT2D eigenvalue weighted by atomic mass is 10.2. The second-order valence-electron chi connectivity index (χ2n) is 5.00. The highest BCUT2D eigenvalue weighted by molar-refractivity contribution is 14.0. The van der Waals surface area contributed by atoms with Crippen molar-refractivity contribution in [1.29, 1.82) is 0 Å². The number of hydrogen-bond donors (Lipinski definition) is 3. The lowest BCUT2D eigenvalue weighted by Crippen LogP contribution is -2.37. The minimum Gasteiger partial charge on any atom is -0.382 e. The maximum Gasteiger partial charge on any atom is 0.238 e. The van der Waals surface area contributed by atoms with Crippen molar-refractivity contribution < 1.29 is 17.9 Å². The summed E-state index contributed by atoms with van der Waals surface area (Å²) in [6.45, 7) is 3.10. The average Bonchev–Trinajstić information content (AvgIpc) is 2.56. The highest BCUT2D eigenvalue weighted by atomic mass is 127. The fourth-order valence-electron chi connectivity index (χ4n) is 1.83. The second kappa shape index (κ2) is 13.3. The molecule has 0 aliphatic heterocycles. The van der Waals surface area contributed by atoms with Gasteiger partial charge >= 0.3 is 0 Å². The molecule has 0 bridgehead atoms. The van der Waals surface area contributed by atoms with Gasteiger partial charge in [0.25, 0.3) is 0 Å². The fraction of sp³-hybridized carbons (Fsp3) is 0.533. The molecule has 0 saturated carbocycles. The molecule has 0 unspecified atom stereocenters. The van der Waals surface area contributed by atoms with Crippen LogP contribution in [0.25, 0.3) is 0 Å². The molecule has 0 aliphatic rings. The molecule has 0 radical (unpaired) electrons. The van der Waals surface area contributed by atoms with E-state index in [0.717, 1.165) is 18.5 Å². The van der Waals surface area contributed by atoms with Crippen molar-refractivity contribution in [2.24, 2.45) is 10.1 Å². The van der Waals surface area contributed by atoms with Crippen molar-refractivity contribution >= 4 is 40.0 Å². The summed E-state index contributed by atoms with van der Waals surface area (Å²) < 4.78 is 32.7. The number of sulfonamides is 1. The summed E-state index contributed by atoms with van der Waals surface area (Å²) in [5, 5.41) is 11.4. The summed E-state index contributed by atoms with van der Waals surface area (Å²) in [5.41, 5.74) is 0.924. The van der Waals surface area contributed by atoms with Gasteiger partial charge in [0.15, 0.2) is 5.96 Å². The molecule has 0 amide bonds. The minimum absolute atomic E-state index is 0. The Hall–Kier alpha value is -0.950. The maximum absolute atomic E-state index is 11.2. The van der Waals surface area contributed by atoms with Gasteiger partial charge in [0, 0.05) is 33.9 Å². The number of nitrogens with zero attached hydrogens (tertiary/aromatic N) is 1. The molecular weight excluding hydrogens is 459 g/mol. The van der Waals surface area contributed by atoms with Gasteiger partial charge in [-0.3, -0.25) is 4.99 Å². The Balaban J connectivity index is 0.00000576. The van der Waals surface area contributed by atoms with Crippen LogP contribution < -0.4 is 15.8 Å². The Bertz CT molecular complexity index is 608. The fourth-order valence-corrected chi connectivity index (χ4v) is 2.34. The first-order chi connectivity index (χ1) is 11.5. The highest BCUT2D eigenvalue weighted by Gasteiger charge is 2.06. The number of hydrogen-bond acceptors (Lipinski definition) is 5. The molecule has 1 rings (SSSR count). The van der Waals surface area contributed by atoms with E-state index in [2.05, 4.69) is 15.6 Å². The lowest BCUT2D eigenvalue weighted by Gasteiger charge is -2.12. The first kappa shape index (κ1) is 24.1. The van der Waals surface area contributed by atoms with Crippen molar-refractivity contribution in [3.05, 3.63) is 29.8 Å². The Labute approximate surface area is 166 Å². The van der Waals surface area contributed by atoms with E-state index >= 15 is 0 Å². The zero-order valence-electron chi connectivity index (χ0n) is 14.5. The van der Waals surface area contributed by atoms with Crippen molar-refractivity contribution in [2.45, 2.75) is 17.9 Å². The van der Waals surface area contributed by atoms with E-state index < -0.39 is 10.0 Å². The smallest absolute Gasteiger partial charge is 0.238 e. The Morgan fingerprint density at radius 2 is 1.84 bits per heavy atom. The summed E-state index contributed by atoms with van der Waals surface area (Å²) in [4.78, 5) is 4.22. The van der Waals surface area contributed by atoms with Gasteiger partial charge < -0.3 is 20.1 Å². The van der Waals surface area contributed by atoms with Crippen LogP contribution >= 0.6 is 24.0 Å². The molecule has 0 atom stereocenters. The van der Waals surface area contributed by atoms with Crippen LogP contribution in [0, 0.1) is 0 Å². The van der Waals surface area contributed by atoms with Crippen LogP contribution in [-0.4, -0.2) is 54.9 Å². The second-order valence-corrected chi connectivity index (χ2v) is 6.56. The zero-order chi connectivity index (χ0) is 17.8. The number of benzene rings is 1. The van der Waals surface area contributed by atoms with Gasteiger partial charge in [0.2, 0.25) is 10.0 Å². The van der Waals surface area contributed by atoms with Gasteiger partial charge in [0.05, 0.1) is 18.1 Å². The molecule has 4 N–H and O–H groups in total. The molecule has 1 aromatic rings. The lowest BCUT2D eigenvalue weighted by molar-refractivity contribution is 0.0698. The van der Waals surface area contributed by atoms with Crippen molar-refractivity contribution in [3.63, 3.8) is 0 Å². The van der Waals surface area contributed by atoms with E-state index in [1.54, 1.807) is 26.3 Å². The van der Waals surface area contributed by atoms with Crippen LogP contribution in [0.3, 0.4) is 0 Å². The third-order valence-electron chi connectivity index (χ3n) is 3.13. The van der Waals surface area contributed by atoms with Gasteiger partial charge in [-0.25, -0.2) is 13.6 Å². The highest BCUT2D eigenvalue weighted by Crippen LogP contribution is 2.08. The van der Waals surface area contributed by atoms with Gasteiger partial charge in [0.1, 0.15) is 0 Å². The SMILES string of the molecule is CN=C(NCCCOCCOC)NCc1ccc(S(N)(=O)=O)cc1.I. The minimum atomic E-state index is -3.66. The summed E-state index contributed by atoms with van der Waals surface area (Å²) in [5.74, 6) is 0.669. The summed E-state index contributed by atoms with van der Waals surface area (Å²) in [6, 6.07) is 6.40. The molecule has 0 spiro atoms. The molecule has 1 aromatic carbocycles. The molecule has 0 fully saturated rings. The van der Waals surface area contributed by atoms with Crippen LogP contribution in [-0.2, 0) is 26.0 Å². The van der Waals surface area contributed by atoms with Crippen molar-refractivity contribution in [2.75, 3.05) is 40.5 Å². The van der Waals surface area contributed by atoms with E-state index in [-0.39, 0.29) is 28.9 Å². The number of halogens is 1. The molecular formula is C15H27IN4O4S. The van der Waals surface area contributed by atoms with E-state index in [1.165, 1.54) is 12.1 Å². The first-order valence-electron chi connectivity index (χ1n) is 7.60. The van der Waals surface area contributed by atoms with E-state index in [0.29, 0.717) is 32.3 Å². The predicted molar refractivity (Wildman–Crippen MR) is 109 cm³/mol. The summed E-state index contributed by atoms with van der Waals surface area (Å²) in [6.07, 6.45) is 0.855. The van der Waals surface area contributed by atoms with Crippen molar-refractivity contribution in [1.82, 2.24) is 10.6 Å². The van der Waals surface area contributed by atoms with Crippen LogP contribution in [0.15, 0.2) is 34.2 Å². The van der Waals surface area contributed by atoms with Crippen LogP contribution in [0.1, 0.15) is 12.0 Å². The third-order valence-corrected chi connectivity index (χ3v) is 4.05. The molecule has 8 nitrogen and oxygen atoms in total. The zero-order valence-corrected chi connectivity index (χ0v) is 17.7. The Morgan fingerprint density at radius 1 is 1.16 bits per heavy atom. The molecule has 0 aliphatic carbocycles. The number of nitrogens with one attached hydrogen (secondary N) is 2. The topological polar surface area (TPSA) is 115 Å². The maximum atomic E-state index is 11.2. The monoisotopic (exact) mass is 486 g/mol. The number of rotatable bonds is 10. The first-order valence-corrected chi connectivity index (χ1v) is 9.15. The van der Waals surface area contributed by atoms with Crippen LogP contribution in [0.4, 0.5) is 0 Å². The quantitative estimate of drug-likeness (QED) is 0.194. The van der Waals surface area contributed by atoms with Gasteiger partial charge in [-0.1, -0.05) is 12.1 Å². The van der Waals surface area contributed by atoms with Crippen LogP contribution in [0.5, 0.6) is 0 Å². The molecule has 25 heavy (non-hydrogen) atoms. The number of primary sulfonamides is 1. The number of nitrogens with two attached hydrogens (primary N) is 1.